The Kier molecular flexibility index (Phi) is 8.19. The fraction of sp³-hybridized carbons (Fsp3) is 0.625. The summed E-state index contributed by atoms with van der Waals surface area (Å²) in [6.45, 7) is 9.31. The van der Waals surface area contributed by atoms with Crippen LogP contribution in [0.3, 0.4) is 0 Å². The average molecular weight is 343 g/mol. The Morgan fingerprint density at radius 3 is 2.60 bits per heavy atom. The van der Waals surface area contributed by atoms with E-state index in [1.807, 2.05) is 0 Å². The van der Waals surface area contributed by atoms with E-state index < -0.39 is 0 Å². The van der Waals surface area contributed by atoms with Crippen LogP contribution in [-0.2, 0) is 0 Å². The molecule has 0 bridgehead atoms. The number of anilines is 1. The van der Waals surface area contributed by atoms with Gasteiger partial charge in [0, 0.05) is 29.3 Å². The Balaban J connectivity index is 2.87. The molecule has 4 heteroatoms. The first-order valence-electron chi connectivity index (χ1n) is 7.52. The van der Waals surface area contributed by atoms with Gasteiger partial charge in [-0.1, -0.05) is 42.3 Å². The van der Waals surface area contributed by atoms with Crippen LogP contribution in [-0.4, -0.2) is 31.3 Å². The van der Waals surface area contributed by atoms with Gasteiger partial charge in [-0.05, 0) is 37.6 Å². The quantitative estimate of drug-likeness (QED) is 0.717. The molecule has 1 atom stereocenters. The maximum Gasteiger partial charge on any atom is 0.0606 e. The maximum atomic E-state index is 9.22. The Bertz CT molecular complexity index is 398. The van der Waals surface area contributed by atoms with Crippen molar-refractivity contribution >= 4 is 21.6 Å². The van der Waals surface area contributed by atoms with E-state index in [9.17, 15) is 5.11 Å². The van der Waals surface area contributed by atoms with Crippen molar-refractivity contribution in [2.24, 2.45) is 0 Å². The molecule has 1 aromatic carbocycles. The zero-order valence-electron chi connectivity index (χ0n) is 12.8. The van der Waals surface area contributed by atoms with Gasteiger partial charge in [-0.25, -0.2) is 0 Å². The van der Waals surface area contributed by atoms with Crippen molar-refractivity contribution in [3.8, 4) is 0 Å². The van der Waals surface area contributed by atoms with Crippen molar-refractivity contribution in [2.75, 3.05) is 31.1 Å². The Morgan fingerprint density at radius 2 is 2.05 bits per heavy atom. The summed E-state index contributed by atoms with van der Waals surface area (Å²) in [5, 5.41) is 12.6. The van der Waals surface area contributed by atoms with E-state index in [-0.39, 0.29) is 6.61 Å². The van der Waals surface area contributed by atoms with E-state index in [4.69, 9.17) is 0 Å². The first kappa shape index (κ1) is 17.5. The first-order chi connectivity index (χ1) is 9.63. The van der Waals surface area contributed by atoms with Crippen molar-refractivity contribution < 1.29 is 5.11 Å². The van der Waals surface area contributed by atoms with Gasteiger partial charge < -0.3 is 15.3 Å². The van der Waals surface area contributed by atoms with Crippen molar-refractivity contribution in [3.63, 3.8) is 0 Å². The summed E-state index contributed by atoms with van der Waals surface area (Å²) in [6.07, 6.45) is 2.31. The molecular weight excluding hydrogens is 316 g/mol. The summed E-state index contributed by atoms with van der Waals surface area (Å²) >= 11 is 3.68. The summed E-state index contributed by atoms with van der Waals surface area (Å²) in [7, 11) is 0. The molecule has 0 saturated heterocycles. The number of hydrogen-bond acceptors (Lipinski definition) is 3. The van der Waals surface area contributed by atoms with E-state index in [0.29, 0.717) is 12.6 Å². The van der Waals surface area contributed by atoms with Gasteiger partial charge in [0.05, 0.1) is 6.61 Å². The molecule has 1 rings (SSSR count). The molecule has 0 fully saturated rings. The molecule has 0 saturated carbocycles. The molecule has 3 nitrogen and oxygen atoms in total. The third-order valence-electron chi connectivity index (χ3n) is 3.48. The van der Waals surface area contributed by atoms with Gasteiger partial charge in [0.2, 0.25) is 0 Å². The number of halogens is 1. The number of aliphatic hydroxyl groups excluding tert-OH is 1. The lowest BCUT2D eigenvalue weighted by atomic mass is 10.1. The van der Waals surface area contributed by atoms with E-state index >= 15 is 0 Å². The smallest absolute Gasteiger partial charge is 0.0606 e. The SMILES string of the molecule is CCCCN(CCO)c1ccc(C(C)NCC)c(Br)c1. The second-order valence-electron chi connectivity index (χ2n) is 5.05. The summed E-state index contributed by atoms with van der Waals surface area (Å²) < 4.78 is 1.13. The number of nitrogens with zero attached hydrogens (tertiary/aromatic N) is 1. The van der Waals surface area contributed by atoms with E-state index in [1.54, 1.807) is 0 Å². The minimum atomic E-state index is 0.191. The molecule has 114 valence electrons. The van der Waals surface area contributed by atoms with Gasteiger partial charge in [-0.15, -0.1) is 0 Å². The number of aliphatic hydroxyl groups is 1. The zero-order valence-corrected chi connectivity index (χ0v) is 14.4. The van der Waals surface area contributed by atoms with Crippen molar-refractivity contribution in [1.29, 1.82) is 0 Å². The molecule has 0 aliphatic rings. The Morgan fingerprint density at radius 1 is 1.30 bits per heavy atom. The van der Waals surface area contributed by atoms with Gasteiger partial charge in [0.25, 0.3) is 0 Å². The monoisotopic (exact) mass is 342 g/mol. The number of benzene rings is 1. The predicted molar refractivity (Wildman–Crippen MR) is 90.4 cm³/mol. The van der Waals surface area contributed by atoms with Crippen LogP contribution in [0.5, 0.6) is 0 Å². The van der Waals surface area contributed by atoms with Crippen LogP contribution in [0.15, 0.2) is 22.7 Å². The van der Waals surface area contributed by atoms with E-state index in [2.05, 4.69) is 65.1 Å². The molecular formula is C16H27BrN2O. The fourth-order valence-electron chi connectivity index (χ4n) is 2.32. The van der Waals surface area contributed by atoms with E-state index in [1.165, 1.54) is 17.7 Å². The number of hydrogen-bond donors (Lipinski definition) is 2. The third-order valence-corrected chi connectivity index (χ3v) is 4.16. The largest absolute Gasteiger partial charge is 0.395 e. The normalized spacial score (nSPS) is 12.4. The standard InChI is InChI=1S/C16H27BrN2O/c1-4-6-9-19(10-11-20)14-7-8-15(16(17)12-14)13(3)18-5-2/h7-8,12-13,18,20H,4-6,9-11H2,1-3H3. The minimum absolute atomic E-state index is 0.191. The first-order valence-corrected chi connectivity index (χ1v) is 8.31. The second-order valence-corrected chi connectivity index (χ2v) is 5.90. The lowest BCUT2D eigenvalue weighted by Gasteiger charge is -2.25. The van der Waals surface area contributed by atoms with Crippen molar-refractivity contribution in [2.45, 2.75) is 39.7 Å². The topological polar surface area (TPSA) is 35.5 Å². The fourth-order valence-corrected chi connectivity index (χ4v) is 3.03. The molecule has 0 spiro atoms. The Labute approximate surface area is 131 Å². The van der Waals surface area contributed by atoms with Gasteiger partial charge in [-0.2, -0.15) is 0 Å². The van der Waals surface area contributed by atoms with Gasteiger partial charge in [-0.3, -0.25) is 0 Å². The number of unbranched alkanes of at least 4 members (excludes halogenated alkanes) is 1. The highest BCUT2D eigenvalue weighted by atomic mass is 79.9. The molecule has 1 unspecified atom stereocenters. The highest BCUT2D eigenvalue weighted by Crippen LogP contribution is 2.28. The molecule has 0 amide bonds. The van der Waals surface area contributed by atoms with Crippen LogP contribution in [0, 0.1) is 0 Å². The van der Waals surface area contributed by atoms with Crippen molar-refractivity contribution in [1.82, 2.24) is 5.32 Å². The lowest BCUT2D eigenvalue weighted by molar-refractivity contribution is 0.301. The Hall–Kier alpha value is -0.580. The predicted octanol–water partition coefficient (Wildman–Crippen LogP) is 3.72. The number of rotatable bonds is 9. The molecule has 0 heterocycles. The van der Waals surface area contributed by atoms with Gasteiger partial charge in [0.15, 0.2) is 0 Å². The van der Waals surface area contributed by atoms with Crippen LogP contribution < -0.4 is 10.2 Å². The summed E-state index contributed by atoms with van der Waals surface area (Å²) in [5.41, 5.74) is 2.45. The molecule has 0 aromatic heterocycles. The van der Waals surface area contributed by atoms with Gasteiger partial charge >= 0.3 is 0 Å². The van der Waals surface area contributed by atoms with Crippen LogP contribution in [0.2, 0.25) is 0 Å². The molecule has 0 aliphatic carbocycles. The molecule has 20 heavy (non-hydrogen) atoms. The van der Waals surface area contributed by atoms with Gasteiger partial charge in [0.1, 0.15) is 0 Å². The van der Waals surface area contributed by atoms with Crippen LogP contribution in [0.1, 0.15) is 45.2 Å². The zero-order chi connectivity index (χ0) is 15.0. The highest BCUT2D eigenvalue weighted by Gasteiger charge is 2.11. The minimum Gasteiger partial charge on any atom is -0.395 e. The summed E-state index contributed by atoms with van der Waals surface area (Å²) in [6, 6.07) is 6.82. The average Bonchev–Trinajstić information content (AvgIpc) is 2.43. The number of nitrogens with one attached hydrogen (secondary N) is 1. The highest BCUT2D eigenvalue weighted by molar-refractivity contribution is 9.10. The van der Waals surface area contributed by atoms with Crippen LogP contribution >= 0.6 is 15.9 Å². The molecule has 1 aromatic rings. The van der Waals surface area contributed by atoms with E-state index in [0.717, 1.165) is 24.0 Å². The maximum absolute atomic E-state index is 9.22. The second kappa shape index (κ2) is 9.37. The van der Waals surface area contributed by atoms with Crippen LogP contribution in [0.4, 0.5) is 5.69 Å². The summed E-state index contributed by atoms with van der Waals surface area (Å²) in [4.78, 5) is 2.25. The molecule has 0 aliphatic heterocycles. The van der Waals surface area contributed by atoms with Crippen LogP contribution in [0.25, 0.3) is 0 Å². The molecule has 2 N–H and O–H groups in total. The third kappa shape index (κ3) is 5.08. The lowest BCUT2D eigenvalue weighted by Crippen LogP contribution is -2.27. The summed E-state index contributed by atoms with van der Waals surface area (Å²) in [5.74, 6) is 0. The van der Waals surface area contributed by atoms with Crippen molar-refractivity contribution in [3.05, 3.63) is 28.2 Å². The molecule has 0 radical (unpaired) electrons.